The number of fused-ring (bicyclic) bond motifs is 1. The van der Waals surface area contributed by atoms with Crippen molar-refractivity contribution in [3.8, 4) is 0 Å². The molecule has 1 N–H and O–H groups in total. The smallest absolute Gasteiger partial charge is 0.352 e. The first-order valence-electron chi connectivity index (χ1n) is 4.06. The highest BCUT2D eigenvalue weighted by Crippen LogP contribution is 2.24. The van der Waals surface area contributed by atoms with Gasteiger partial charge >= 0.3 is 11.6 Å². The molecule has 2 aromatic rings. The van der Waals surface area contributed by atoms with Crippen LogP contribution in [0.15, 0.2) is 33.5 Å². The van der Waals surface area contributed by atoms with E-state index in [2.05, 4.69) is 0 Å². The standard InChI is InChI=1S/C10H5ClO4/c11-8-5-3-1-2-4-6(5)15-10(14)7(8)9(12)13/h1-4H,(H,12,13). The fraction of sp³-hybridized carbons (Fsp3) is 0. The van der Waals surface area contributed by atoms with E-state index in [1.165, 1.54) is 0 Å². The van der Waals surface area contributed by atoms with Gasteiger partial charge in [-0.15, -0.1) is 0 Å². The Bertz CT molecular complexity index is 600. The second kappa shape index (κ2) is 3.40. The minimum Gasteiger partial charge on any atom is -0.477 e. The molecule has 0 atom stereocenters. The molecular formula is C10H5ClO4. The highest BCUT2D eigenvalue weighted by atomic mass is 35.5. The summed E-state index contributed by atoms with van der Waals surface area (Å²) in [6, 6.07) is 6.49. The molecule has 0 saturated carbocycles. The second-order valence-electron chi connectivity index (χ2n) is 2.88. The molecule has 4 nitrogen and oxygen atoms in total. The first-order valence-corrected chi connectivity index (χ1v) is 4.43. The van der Waals surface area contributed by atoms with Crippen LogP contribution < -0.4 is 5.63 Å². The molecule has 0 unspecified atom stereocenters. The van der Waals surface area contributed by atoms with Crippen molar-refractivity contribution in [2.75, 3.05) is 0 Å². The number of carbonyl (C=O) groups is 1. The Morgan fingerprint density at radius 2 is 2.00 bits per heavy atom. The Kier molecular flexibility index (Phi) is 2.21. The van der Waals surface area contributed by atoms with Gasteiger partial charge in [0.15, 0.2) is 5.56 Å². The molecule has 0 aliphatic carbocycles. The van der Waals surface area contributed by atoms with Gasteiger partial charge < -0.3 is 9.52 Å². The lowest BCUT2D eigenvalue weighted by Crippen LogP contribution is -2.14. The van der Waals surface area contributed by atoms with Crippen LogP contribution in [-0.4, -0.2) is 11.1 Å². The molecule has 1 aromatic heterocycles. The molecule has 5 heteroatoms. The Morgan fingerprint density at radius 3 is 2.67 bits per heavy atom. The summed E-state index contributed by atoms with van der Waals surface area (Å²) < 4.78 is 4.81. The molecule has 2 rings (SSSR count). The molecule has 1 heterocycles. The molecule has 0 aliphatic rings. The maximum Gasteiger partial charge on any atom is 0.352 e. The van der Waals surface area contributed by atoms with Crippen LogP contribution in [0.4, 0.5) is 0 Å². The highest BCUT2D eigenvalue weighted by molar-refractivity contribution is 6.37. The zero-order chi connectivity index (χ0) is 11.0. The van der Waals surface area contributed by atoms with Gasteiger partial charge in [0.2, 0.25) is 0 Å². The van der Waals surface area contributed by atoms with E-state index in [4.69, 9.17) is 21.1 Å². The monoisotopic (exact) mass is 224 g/mol. The summed E-state index contributed by atoms with van der Waals surface area (Å²) in [7, 11) is 0. The Morgan fingerprint density at radius 1 is 1.33 bits per heavy atom. The summed E-state index contributed by atoms with van der Waals surface area (Å²) >= 11 is 5.80. The third kappa shape index (κ3) is 1.49. The fourth-order valence-corrected chi connectivity index (χ4v) is 1.61. The Hall–Kier alpha value is -1.81. The van der Waals surface area contributed by atoms with Crippen molar-refractivity contribution in [1.82, 2.24) is 0 Å². The molecule has 0 radical (unpaired) electrons. The number of hydrogen-bond donors (Lipinski definition) is 1. The van der Waals surface area contributed by atoms with Crippen LogP contribution in [0.5, 0.6) is 0 Å². The van der Waals surface area contributed by atoms with Gasteiger partial charge in [-0.2, -0.15) is 0 Å². The molecule has 0 fully saturated rings. The first kappa shape index (κ1) is 9.73. The summed E-state index contributed by atoms with van der Waals surface area (Å²) in [4.78, 5) is 22.0. The molecule has 0 bridgehead atoms. The summed E-state index contributed by atoms with van der Waals surface area (Å²) in [6.07, 6.45) is 0. The van der Waals surface area contributed by atoms with Crippen LogP contribution in [0, 0.1) is 0 Å². The topological polar surface area (TPSA) is 67.5 Å². The van der Waals surface area contributed by atoms with E-state index < -0.39 is 17.2 Å². The average molecular weight is 225 g/mol. The fourth-order valence-electron chi connectivity index (χ4n) is 1.29. The Labute approximate surface area is 88.7 Å². The summed E-state index contributed by atoms with van der Waals surface area (Å²) in [5, 5.41) is 9.09. The number of benzene rings is 1. The average Bonchev–Trinajstić information content (AvgIpc) is 2.17. The number of carboxylic acids is 1. The van der Waals surface area contributed by atoms with Crippen molar-refractivity contribution in [2.24, 2.45) is 0 Å². The third-order valence-corrected chi connectivity index (χ3v) is 2.36. The highest BCUT2D eigenvalue weighted by Gasteiger charge is 2.18. The van der Waals surface area contributed by atoms with Crippen molar-refractivity contribution in [1.29, 1.82) is 0 Å². The minimum absolute atomic E-state index is 0.0886. The molecular weight excluding hydrogens is 220 g/mol. The van der Waals surface area contributed by atoms with Crippen LogP contribution in [-0.2, 0) is 0 Å². The zero-order valence-corrected chi connectivity index (χ0v) is 8.12. The lowest BCUT2D eigenvalue weighted by atomic mass is 10.2. The van der Waals surface area contributed by atoms with Gasteiger partial charge in [0, 0.05) is 5.39 Å². The van der Waals surface area contributed by atoms with Crippen LogP contribution >= 0.6 is 11.6 Å². The van der Waals surface area contributed by atoms with Crippen LogP contribution in [0.25, 0.3) is 11.0 Å². The van der Waals surface area contributed by atoms with Crippen LogP contribution in [0.2, 0.25) is 5.02 Å². The van der Waals surface area contributed by atoms with Gasteiger partial charge in [-0.1, -0.05) is 23.7 Å². The Balaban J connectivity index is 2.97. The quantitative estimate of drug-likeness (QED) is 0.754. The van der Waals surface area contributed by atoms with E-state index in [9.17, 15) is 9.59 Å². The van der Waals surface area contributed by atoms with E-state index in [1.807, 2.05) is 0 Å². The molecule has 0 aliphatic heterocycles. The van der Waals surface area contributed by atoms with Crippen molar-refractivity contribution in [3.63, 3.8) is 0 Å². The van der Waals surface area contributed by atoms with E-state index >= 15 is 0 Å². The maximum absolute atomic E-state index is 11.3. The molecule has 15 heavy (non-hydrogen) atoms. The number of aromatic carboxylic acids is 1. The zero-order valence-electron chi connectivity index (χ0n) is 7.36. The predicted octanol–water partition coefficient (Wildman–Crippen LogP) is 2.14. The van der Waals surface area contributed by atoms with Gasteiger partial charge in [0.1, 0.15) is 5.58 Å². The largest absolute Gasteiger partial charge is 0.477 e. The van der Waals surface area contributed by atoms with Gasteiger partial charge in [0.05, 0.1) is 5.02 Å². The summed E-state index contributed by atoms with van der Waals surface area (Å²) in [6.45, 7) is 0. The van der Waals surface area contributed by atoms with Gasteiger partial charge in [-0.05, 0) is 12.1 Å². The maximum atomic E-state index is 11.3. The number of hydrogen-bond acceptors (Lipinski definition) is 3. The normalized spacial score (nSPS) is 10.5. The van der Waals surface area contributed by atoms with Gasteiger partial charge in [-0.3, -0.25) is 0 Å². The van der Waals surface area contributed by atoms with Crippen LogP contribution in [0.1, 0.15) is 10.4 Å². The van der Waals surface area contributed by atoms with Gasteiger partial charge in [-0.25, -0.2) is 9.59 Å². The first-order chi connectivity index (χ1) is 7.11. The van der Waals surface area contributed by atoms with Crippen molar-refractivity contribution < 1.29 is 14.3 Å². The van der Waals surface area contributed by atoms with E-state index in [-0.39, 0.29) is 10.6 Å². The van der Waals surface area contributed by atoms with E-state index in [0.29, 0.717) is 5.39 Å². The van der Waals surface area contributed by atoms with E-state index in [1.54, 1.807) is 24.3 Å². The number of rotatable bonds is 1. The third-order valence-electron chi connectivity index (χ3n) is 1.96. The second-order valence-corrected chi connectivity index (χ2v) is 3.26. The predicted molar refractivity (Wildman–Crippen MR) is 54.5 cm³/mol. The van der Waals surface area contributed by atoms with Gasteiger partial charge in [0.25, 0.3) is 0 Å². The number of halogens is 1. The summed E-state index contributed by atoms with van der Waals surface area (Å²) in [5.74, 6) is -1.39. The SMILES string of the molecule is O=C(O)c1c(Cl)c2ccccc2oc1=O. The van der Waals surface area contributed by atoms with Crippen LogP contribution in [0.3, 0.4) is 0 Å². The lowest BCUT2D eigenvalue weighted by Gasteiger charge is -2.01. The lowest BCUT2D eigenvalue weighted by molar-refractivity contribution is 0.0693. The molecule has 0 spiro atoms. The van der Waals surface area contributed by atoms with Crippen molar-refractivity contribution in [2.45, 2.75) is 0 Å². The number of carboxylic acid groups (broad SMARTS) is 1. The number of para-hydroxylation sites is 1. The molecule has 0 amide bonds. The van der Waals surface area contributed by atoms with E-state index in [0.717, 1.165) is 0 Å². The molecule has 76 valence electrons. The minimum atomic E-state index is -1.39. The van der Waals surface area contributed by atoms with Crippen molar-refractivity contribution in [3.05, 3.63) is 45.3 Å². The van der Waals surface area contributed by atoms with Crippen molar-refractivity contribution >= 4 is 28.5 Å². The summed E-state index contributed by atoms with van der Waals surface area (Å²) in [5.41, 5.74) is -1.20. The molecule has 0 saturated heterocycles. The molecule has 1 aromatic carbocycles.